The molecule has 1 saturated heterocycles. The van der Waals surface area contributed by atoms with E-state index in [0.717, 1.165) is 54.1 Å². The number of thiazole rings is 1. The smallest absolute Gasteiger partial charge is 0.280 e. The number of aromatic nitrogens is 3. The average molecular weight is 501 g/mol. The lowest BCUT2D eigenvalue weighted by molar-refractivity contribution is 0.0391. The molecule has 1 aliphatic rings. The van der Waals surface area contributed by atoms with Crippen molar-refractivity contribution in [3.05, 3.63) is 40.6 Å². The second-order valence-electron chi connectivity index (χ2n) is 6.58. The van der Waals surface area contributed by atoms with Gasteiger partial charge in [-0.25, -0.2) is 4.98 Å². The quantitative estimate of drug-likeness (QED) is 0.517. The van der Waals surface area contributed by atoms with Crippen molar-refractivity contribution in [2.24, 2.45) is 0 Å². The summed E-state index contributed by atoms with van der Waals surface area (Å²) < 4.78 is 9.24. The highest BCUT2D eigenvalue weighted by Gasteiger charge is 2.24. The first kappa shape index (κ1) is 22.2. The van der Waals surface area contributed by atoms with Crippen LogP contribution in [0.3, 0.4) is 0 Å². The lowest BCUT2D eigenvalue weighted by Gasteiger charge is -2.29. The Morgan fingerprint density at radius 3 is 2.83 bits per heavy atom. The van der Waals surface area contributed by atoms with Crippen LogP contribution in [0.15, 0.2) is 34.9 Å². The van der Waals surface area contributed by atoms with Gasteiger partial charge in [0, 0.05) is 43.4 Å². The Morgan fingerprint density at radius 2 is 2.10 bits per heavy atom. The number of benzene rings is 1. The molecule has 0 aliphatic carbocycles. The molecule has 1 aromatic carbocycles. The van der Waals surface area contributed by atoms with Crippen molar-refractivity contribution in [1.29, 1.82) is 0 Å². The first-order valence-corrected chi connectivity index (χ1v) is 11.0. The Morgan fingerprint density at radius 1 is 1.31 bits per heavy atom. The van der Waals surface area contributed by atoms with Crippen molar-refractivity contribution in [2.75, 3.05) is 44.3 Å². The Hall–Kier alpha value is -1.52. The van der Waals surface area contributed by atoms with Crippen LogP contribution in [0, 0.1) is 0 Å². The van der Waals surface area contributed by atoms with Crippen molar-refractivity contribution in [1.82, 2.24) is 19.7 Å². The van der Waals surface area contributed by atoms with Gasteiger partial charge in [-0.3, -0.25) is 19.3 Å². The van der Waals surface area contributed by atoms with Crippen LogP contribution in [-0.4, -0.2) is 65.0 Å². The maximum Gasteiger partial charge on any atom is 0.280 e. The summed E-state index contributed by atoms with van der Waals surface area (Å²) in [7, 11) is 0. The standard InChI is InChI=1S/C19H22BrN5O2S.ClH/c1-2-24-6-5-16(22-24)18(26)25(8-7-23-9-11-27-12-10-23)19-21-15-4-3-14(20)13-17(15)28-19;/h3-6,13H,2,7-12H2,1H3;1H. The highest BCUT2D eigenvalue weighted by atomic mass is 79.9. The van der Waals surface area contributed by atoms with E-state index in [1.54, 1.807) is 15.6 Å². The van der Waals surface area contributed by atoms with Crippen LogP contribution in [0.4, 0.5) is 5.13 Å². The third kappa shape index (κ3) is 5.16. The molecular weight excluding hydrogens is 478 g/mol. The summed E-state index contributed by atoms with van der Waals surface area (Å²) in [6.45, 7) is 7.34. The normalized spacial score (nSPS) is 14.7. The SMILES string of the molecule is CCn1ccc(C(=O)N(CCN2CCOCC2)c2nc3ccc(Br)cc3s2)n1.Cl. The summed E-state index contributed by atoms with van der Waals surface area (Å²) in [5.41, 5.74) is 1.34. The second kappa shape index (κ2) is 9.99. The molecule has 7 nitrogen and oxygen atoms in total. The number of ether oxygens (including phenoxy) is 1. The molecule has 29 heavy (non-hydrogen) atoms. The van der Waals surface area contributed by atoms with Gasteiger partial charge in [0.05, 0.1) is 23.4 Å². The van der Waals surface area contributed by atoms with Gasteiger partial charge in [0.2, 0.25) is 0 Å². The molecule has 156 valence electrons. The molecule has 4 rings (SSSR count). The van der Waals surface area contributed by atoms with Crippen LogP contribution < -0.4 is 4.90 Å². The molecule has 3 heterocycles. The molecule has 0 atom stereocenters. The predicted octanol–water partition coefficient (Wildman–Crippen LogP) is 3.68. The van der Waals surface area contributed by atoms with Crippen LogP contribution >= 0.6 is 39.7 Å². The van der Waals surface area contributed by atoms with Gasteiger partial charge in [-0.2, -0.15) is 5.10 Å². The fourth-order valence-corrected chi connectivity index (χ4v) is 4.68. The minimum atomic E-state index is -0.112. The van der Waals surface area contributed by atoms with Gasteiger partial charge >= 0.3 is 0 Å². The molecule has 3 aromatic rings. The maximum absolute atomic E-state index is 13.3. The first-order chi connectivity index (χ1) is 13.6. The molecule has 1 aliphatic heterocycles. The van der Waals surface area contributed by atoms with Gasteiger partial charge in [0.1, 0.15) is 0 Å². The van der Waals surface area contributed by atoms with E-state index in [9.17, 15) is 4.79 Å². The molecule has 0 unspecified atom stereocenters. The molecule has 1 amide bonds. The Labute approximate surface area is 188 Å². The van der Waals surface area contributed by atoms with Gasteiger partial charge in [0.25, 0.3) is 5.91 Å². The zero-order chi connectivity index (χ0) is 19.5. The third-order valence-electron chi connectivity index (χ3n) is 4.74. The first-order valence-electron chi connectivity index (χ1n) is 9.35. The van der Waals surface area contributed by atoms with E-state index in [1.165, 1.54) is 11.3 Å². The topological polar surface area (TPSA) is 63.5 Å². The minimum absolute atomic E-state index is 0. The number of rotatable bonds is 6. The number of halogens is 2. The molecule has 1 fully saturated rings. The van der Waals surface area contributed by atoms with E-state index in [4.69, 9.17) is 9.72 Å². The van der Waals surface area contributed by atoms with Crippen molar-refractivity contribution in [3.63, 3.8) is 0 Å². The number of hydrogen-bond donors (Lipinski definition) is 0. The summed E-state index contributed by atoms with van der Waals surface area (Å²) >= 11 is 5.03. The van der Waals surface area contributed by atoms with E-state index in [2.05, 4.69) is 25.9 Å². The number of aryl methyl sites for hydroxylation is 1. The highest BCUT2D eigenvalue weighted by Crippen LogP contribution is 2.31. The highest BCUT2D eigenvalue weighted by molar-refractivity contribution is 9.10. The number of carbonyl (C=O) groups excluding carboxylic acids is 1. The van der Waals surface area contributed by atoms with Crippen LogP contribution in [0.1, 0.15) is 17.4 Å². The van der Waals surface area contributed by atoms with Crippen LogP contribution in [-0.2, 0) is 11.3 Å². The zero-order valence-corrected chi connectivity index (χ0v) is 19.3. The predicted molar refractivity (Wildman–Crippen MR) is 121 cm³/mol. The van der Waals surface area contributed by atoms with Gasteiger partial charge in [0.15, 0.2) is 10.8 Å². The lowest BCUT2D eigenvalue weighted by Crippen LogP contribution is -2.43. The summed E-state index contributed by atoms with van der Waals surface area (Å²) in [6, 6.07) is 7.74. The second-order valence-corrected chi connectivity index (χ2v) is 8.50. The number of amides is 1. The van der Waals surface area contributed by atoms with Gasteiger partial charge in [-0.05, 0) is 31.2 Å². The van der Waals surface area contributed by atoms with E-state index in [0.29, 0.717) is 17.4 Å². The molecule has 0 N–H and O–H groups in total. The molecule has 0 spiro atoms. The number of fused-ring (bicyclic) bond motifs is 1. The van der Waals surface area contributed by atoms with E-state index in [-0.39, 0.29) is 18.3 Å². The molecule has 0 radical (unpaired) electrons. The molecule has 0 bridgehead atoms. The summed E-state index contributed by atoms with van der Waals surface area (Å²) in [6.07, 6.45) is 1.84. The van der Waals surface area contributed by atoms with Crippen LogP contribution in [0.2, 0.25) is 0 Å². The van der Waals surface area contributed by atoms with Gasteiger partial charge in [-0.1, -0.05) is 27.3 Å². The van der Waals surface area contributed by atoms with E-state index >= 15 is 0 Å². The van der Waals surface area contributed by atoms with E-state index in [1.807, 2.05) is 31.3 Å². The maximum atomic E-state index is 13.3. The minimum Gasteiger partial charge on any atom is -0.379 e. The molecule has 10 heteroatoms. The van der Waals surface area contributed by atoms with Crippen LogP contribution in [0.5, 0.6) is 0 Å². The fourth-order valence-electron chi connectivity index (χ4n) is 3.14. The van der Waals surface area contributed by atoms with E-state index < -0.39 is 0 Å². The number of morpholine rings is 1. The molecule has 2 aromatic heterocycles. The Balaban J connectivity index is 0.00000240. The summed E-state index contributed by atoms with van der Waals surface area (Å²) in [5, 5.41) is 5.11. The number of hydrogen-bond acceptors (Lipinski definition) is 6. The Kier molecular flexibility index (Phi) is 7.64. The lowest BCUT2D eigenvalue weighted by atomic mass is 10.3. The third-order valence-corrected chi connectivity index (χ3v) is 6.28. The fraction of sp³-hybridized carbons (Fsp3) is 0.421. The Bertz CT molecular complexity index is 973. The number of nitrogens with zero attached hydrogens (tertiary/aromatic N) is 5. The van der Waals surface area contributed by atoms with Crippen molar-refractivity contribution < 1.29 is 9.53 Å². The largest absolute Gasteiger partial charge is 0.379 e. The number of carbonyl (C=O) groups is 1. The van der Waals surface area contributed by atoms with Gasteiger partial charge in [-0.15, -0.1) is 12.4 Å². The van der Waals surface area contributed by atoms with Crippen molar-refractivity contribution >= 4 is 60.9 Å². The molecular formula is C19H23BrClN5O2S. The van der Waals surface area contributed by atoms with Crippen LogP contribution in [0.25, 0.3) is 10.2 Å². The summed E-state index contributed by atoms with van der Waals surface area (Å²) in [5.74, 6) is -0.112. The van der Waals surface area contributed by atoms with Crippen molar-refractivity contribution in [3.8, 4) is 0 Å². The zero-order valence-electron chi connectivity index (χ0n) is 16.1. The van der Waals surface area contributed by atoms with Crippen molar-refractivity contribution in [2.45, 2.75) is 13.5 Å². The summed E-state index contributed by atoms with van der Waals surface area (Å²) in [4.78, 5) is 22.0. The molecule has 0 saturated carbocycles. The van der Waals surface area contributed by atoms with Gasteiger partial charge < -0.3 is 4.74 Å². The average Bonchev–Trinajstić information content (AvgIpc) is 3.35. The number of anilines is 1. The monoisotopic (exact) mass is 499 g/mol.